The highest BCUT2D eigenvalue weighted by Gasteiger charge is 2.17. The molecule has 1 amide bonds. The van der Waals surface area contributed by atoms with Gasteiger partial charge in [0.1, 0.15) is 11.1 Å². The molecule has 0 bridgehead atoms. The van der Waals surface area contributed by atoms with Crippen molar-refractivity contribution in [1.29, 1.82) is 0 Å². The normalized spacial score (nSPS) is 12.5. The summed E-state index contributed by atoms with van der Waals surface area (Å²) in [5.41, 5.74) is 5.67. The third-order valence-corrected chi connectivity index (χ3v) is 4.09. The van der Waals surface area contributed by atoms with Gasteiger partial charge in [0.2, 0.25) is 0 Å². The summed E-state index contributed by atoms with van der Waals surface area (Å²) in [5, 5.41) is 0.656. The maximum Gasteiger partial charge on any atom is 0.349 e. The van der Waals surface area contributed by atoms with Crippen molar-refractivity contribution in [2.75, 3.05) is 13.2 Å². The first-order valence-corrected chi connectivity index (χ1v) is 8.38. The first-order chi connectivity index (χ1) is 10.9. The number of benzene rings is 1. The van der Waals surface area contributed by atoms with Gasteiger partial charge in [0.05, 0.1) is 6.61 Å². The van der Waals surface area contributed by atoms with E-state index in [1.54, 1.807) is 6.07 Å². The summed E-state index contributed by atoms with van der Waals surface area (Å²) in [4.78, 5) is 23.2. The van der Waals surface area contributed by atoms with Crippen molar-refractivity contribution in [3.8, 4) is 0 Å². The number of primary amides is 1. The summed E-state index contributed by atoms with van der Waals surface area (Å²) in [6.45, 7) is 5.37. The standard InChI is InChI=1S/C17H20BrNO4/c1-3-4-5-22-9-10(2)13-8-12(18)6-11-7-14(16(19)20)17(21)23-15(11)13/h6-8,10H,3-5,9H2,1-2H3,(H2,19,20). The van der Waals surface area contributed by atoms with Gasteiger partial charge in [-0.1, -0.05) is 36.2 Å². The molecule has 2 N–H and O–H groups in total. The molecule has 0 fully saturated rings. The van der Waals surface area contributed by atoms with Crippen LogP contribution in [0, 0.1) is 0 Å². The molecular formula is C17H20BrNO4. The quantitative estimate of drug-likeness (QED) is 0.586. The highest BCUT2D eigenvalue weighted by atomic mass is 79.9. The van der Waals surface area contributed by atoms with Crippen molar-refractivity contribution >= 4 is 32.8 Å². The number of hydrogen-bond donors (Lipinski definition) is 1. The van der Waals surface area contributed by atoms with Gasteiger partial charge < -0.3 is 14.9 Å². The highest BCUT2D eigenvalue weighted by molar-refractivity contribution is 9.10. The number of rotatable bonds is 7. The van der Waals surface area contributed by atoms with Crippen LogP contribution >= 0.6 is 15.9 Å². The third-order valence-electron chi connectivity index (χ3n) is 3.63. The van der Waals surface area contributed by atoms with Gasteiger partial charge in [0, 0.05) is 27.9 Å². The Morgan fingerprint density at radius 1 is 1.39 bits per heavy atom. The van der Waals surface area contributed by atoms with Crippen molar-refractivity contribution in [2.24, 2.45) is 5.73 Å². The van der Waals surface area contributed by atoms with E-state index in [4.69, 9.17) is 14.9 Å². The molecule has 6 heteroatoms. The van der Waals surface area contributed by atoms with Crippen molar-refractivity contribution in [3.63, 3.8) is 0 Å². The Labute approximate surface area is 142 Å². The SMILES string of the molecule is CCCCOCC(C)c1cc(Br)cc2cc(C(N)=O)c(=O)oc12. The lowest BCUT2D eigenvalue weighted by molar-refractivity contribution is 0.0997. The topological polar surface area (TPSA) is 82.5 Å². The zero-order valence-corrected chi connectivity index (χ0v) is 14.8. The number of unbranched alkanes of at least 4 members (excludes halogenated alkanes) is 1. The largest absolute Gasteiger partial charge is 0.422 e. The van der Waals surface area contributed by atoms with Crippen LogP contribution in [0.4, 0.5) is 0 Å². The number of carbonyl (C=O) groups is 1. The molecule has 0 aliphatic rings. The van der Waals surface area contributed by atoms with Gasteiger partial charge in [0.25, 0.3) is 5.91 Å². The van der Waals surface area contributed by atoms with Gasteiger partial charge >= 0.3 is 5.63 Å². The summed E-state index contributed by atoms with van der Waals surface area (Å²) < 4.78 is 11.9. The molecule has 124 valence electrons. The van der Waals surface area contributed by atoms with Gasteiger partial charge in [-0.15, -0.1) is 0 Å². The fraction of sp³-hybridized carbons (Fsp3) is 0.412. The average molecular weight is 382 g/mol. The molecule has 1 heterocycles. The van der Waals surface area contributed by atoms with Gasteiger partial charge in [-0.25, -0.2) is 4.79 Å². The van der Waals surface area contributed by atoms with Crippen molar-refractivity contribution in [1.82, 2.24) is 0 Å². The Morgan fingerprint density at radius 2 is 2.13 bits per heavy atom. The molecule has 0 radical (unpaired) electrons. The number of hydrogen-bond acceptors (Lipinski definition) is 4. The fourth-order valence-corrected chi connectivity index (χ4v) is 2.85. The molecule has 2 aromatic rings. The van der Waals surface area contributed by atoms with Crippen LogP contribution in [-0.2, 0) is 4.74 Å². The number of amides is 1. The van der Waals surface area contributed by atoms with Gasteiger partial charge in [0.15, 0.2) is 0 Å². The summed E-state index contributed by atoms with van der Waals surface area (Å²) >= 11 is 3.45. The monoisotopic (exact) mass is 381 g/mol. The van der Waals surface area contributed by atoms with E-state index in [-0.39, 0.29) is 11.5 Å². The minimum Gasteiger partial charge on any atom is -0.422 e. The molecule has 1 atom stereocenters. The van der Waals surface area contributed by atoms with Crippen LogP contribution in [0.25, 0.3) is 11.0 Å². The van der Waals surface area contributed by atoms with E-state index in [0.717, 1.165) is 22.9 Å². The Kier molecular flexibility index (Phi) is 5.96. The maximum absolute atomic E-state index is 11.9. The van der Waals surface area contributed by atoms with E-state index < -0.39 is 11.5 Å². The molecule has 0 aliphatic heterocycles. The van der Waals surface area contributed by atoms with Crippen molar-refractivity contribution < 1.29 is 13.9 Å². The number of carbonyl (C=O) groups excluding carboxylic acids is 1. The predicted octanol–water partition coefficient (Wildman–Crippen LogP) is 3.57. The van der Waals surface area contributed by atoms with Crippen LogP contribution in [-0.4, -0.2) is 19.1 Å². The molecule has 2 rings (SSSR count). The van der Waals surface area contributed by atoms with Crippen LogP contribution in [0.1, 0.15) is 48.5 Å². The third kappa shape index (κ3) is 4.20. The molecule has 0 saturated carbocycles. The summed E-state index contributed by atoms with van der Waals surface area (Å²) in [7, 11) is 0. The van der Waals surface area contributed by atoms with Crippen molar-refractivity contribution in [3.05, 3.63) is 44.2 Å². The Morgan fingerprint density at radius 3 is 2.78 bits per heavy atom. The maximum atomic E-state index is 11.9. The highest BCUT2D eigenvalue weighted by Crippen LogP contribution is 2.29. The minimum absolute atomic E-state index is 0.0504. The van der Waals surface area contributed by atoms with E-state index in [2.05, 4.69) is 22.9 Å². The number of nitrogens with two attached hydrogens (primary N) is 1. The minimum atomic E-state index is -0.793. The molecule has 23 heavy (non-hydrogen) atoms. The Balaban J connectivity index is 2.41. The molecule has 1 aromatic heterocycles. The van der Waals surface area contributed by atoms with Crippen LogP contribution in [0.2, 0.25) is 0 Å². The predicted molar refractivity (Wildman–Crippen MR) is 92.8 cm³/mol. The average Bonchev–Trinajstić information content (AvgIpc) is 2.50. The van der Waals surface area contributed by atoms with Crippen LogP contribution in [0.5, 0.6) is 0 Å². The van der Waals surface area contributed by atoms with Crippen LogP contribution in [0.15, 0.2) is 31.9 Å². The molecule has 5 nitrogen and oxygen atoms in total. The molecule has 0 saturated heterocycles. The van der Waals surface area contributed by atoms with E-state index in [0.29, 0.717) is 24.2 Å². The Bertz CT molecular complexity index is 769. The number of halogens is 1. The number of fused-ring (bicyclic) bond motifs is 1. The molecular weight excluding hydrogens is 362 g/mol. The van der Waals surface area contributed by atoms with E-state index >= 15 is 0 Å². The van der Waals surface area contributed by atoms with Gasteiger partial charge in [-0.2, -0.15) is 0 Å². The van der Waals surface area contributed by atoms with Crippen LogP contribution in [0.3, 0.4) is 0 Å². The molecule has 0 aliphatic carbocycles. The van der Waals surface area contributed by atoms with Gasteiger partial charge in [-0.3, -0.25) is 4.79 Å². The lowest BCUT2D eigenvalue weighted by Crippen LogP contribution is -2.21. The molecule has 0 spiro atoms. The van der Waals surface area contributed by atoms with Gasteiger partial charge in [-0.05, 0) is 24.6 Å². The summed E-state index contributed by atoms with van der Waals surface area (Å²) in [6, 6.07) is 5.17. The van der Waals surface area contributed by atoms with E-state index in [1.807, 2.05) is 13.0 Å². The molecule has 1 aromatic carbocycles. The summed E-state index contributed by atoms with van der Waals surface area (Å²) in [5.74, 6) is -0.743. The smallest absolute Gasteiger partial charge is 0.349 e. The first kappa shape index (κ1) is 17.7. The number of ether oxygens (including phenoxy) is 1. The zero-order valence-electron chi connectivity index (χ0n) is 13.2. The van der Waals surface area contributed by atoms with E-state index in [1.165, 1.54) is 6.07 Å². The lowest BCUT2D eigenvalue weighted by atomic mass is 9.99. The zero-order chi connectivity index (χ0) is 17.0. The molecule has 1 unspecified atom stereocenters. The second-order valence-corrected chi connectivity index (χ2v) is 6.47. The summed E-state index contributed by atoms with van der Waals surface area (Å²) in [6.07, 6.45) is 2.10. The van der Waals surface area contributed by atoms with Crippen molar-refractivity contribution in [2.45, 2.75) is 32.6 Å². The van der Waals surface area contributed by atoms with E-state index in [9.17, 15) is 9.59 Å². The second kappa shape index (κ2) is 7.75. The second-order valence-electron chi connectivity index (χ2n) is 5.55. The first-order valence-electron chi connectivity index (χ1n) is 7.58. The van der Waals surface area contributed by atoms with Crippen LogP contribution < -0.4 is 11.4 Å². The lowest BCUT2D eigenvalue weighted by Gasteiger charge is -2.15. The Hall–Kier alpha value is -1.66. The fourth-order valence-electron chi connectivity index (χ4n) is 2.36.